The third-order valence-electron chi connectivity index (χ3n) is 4.42. The molecule has 0 bridgehead atoms. The zero-order valence-corrected chi connectivity index (χ0v) is 16.1. The minimum absolute atomic E-state index is 0.295. The van der Waals surface area contributed by atoms with Gasteiger partial charge in [-0.05, 0) is 30.5 Å². The third kappa shape index (κ3) is 4.43. The summed E-state index contributed by atoms with van der Waals surface area (Å²) in [5.41, 5.74) is 0.908. The van der Waals surface area contributed by atoms with Gasteiger partial charge in [-0.3, -0.25) is 0 Å². The smallest absolute Gasteiger partial charge is 0.276 e. The lowest BCUT2D eigenvalue weighted by Crippen LogP contribution is -2.22. The number of nitrogens with zero attached hydrogens (tertiary/aromatic N) is 3. The van der Waals surface area contributed by atoms with E-state index in [-0.39, 0.29) is 0 Å². The lowest BCUT2D eigenvalue weighted by atomic mass is 9.89. The van der Waals surface area contributed by atoms with Crippen molar-refractivity contribution >= 4 is 21.8 Å². The van der Waals surface area contributed by atoms with Crippen LogP contribution in [0.4, 0.5) is 0 Å². The van der Waals surface area contributed by atoms with E-state index in [4.69, 9.17) is 4.42 Å². The molecule has 0 aliphatic heterocycles. The first-order valence-corrected chi connectivity index (χ1v) is 10.9. The Bertz CT molecular complexity index is 812. The highest BCUT2D eigenvalue weighted by Crippen LogP contribution is 2.33. The Labute approximate surface area is 153 Å². The number of hydrogen-bond donors (Lipinski definition) is 0. The minimum atomic E-state index is -3.42. The summed E-state index contributed by atoms with van der Waals surface area (Å²) in [4.78, 5) is 0.295. The van der Waals surface area contributed by atoms with Gasteiger partial charge < -0.3 is 4.42 Å². The summed E-state index contributed by atoms with van der Waals surface area (Å²) in [7, 11) is -0.361. The molecule has 0 atom stereocenters. The van der Waals surface area contributed by atoms with E-state index >= 15 is 0 Å². The number of sulfonamides is 1. The van der Waals surface area contributed by atoms with E-state index in [1.807, 2.05) is 6.07 Å². The second-order valence-electron chi connectivity index (χ2n) is 6.46. The molecule has 0 radical (unpaired) electrons. The van der Waals surface area contributed by atoms with Gasteiger partial charge in [0.2, 0.25) is 15.9 Å². The molecular formula is C17H23N3O3S2. The van der Waals surface area contributed by atoms with Crippen LogP contribution in [0.5, 0.6) is 0 Å². The van der Waals surface area contributed by atoms with Crippen LogP contribution in [0.3, 0.4) is 0 Å². The molecule has 8 heteroatoms. The molecule has 1 aromatic carbocycles. The lowest BCUT2D eigenvalue weighted by molar-refractivity contribution is 0.334. The van der Waals surface area contributed by atoms with Gasteiger partial charge in [-0.15, -0.1) is 10.2 Å². The van der Waals surface area contributed by atoms with Gasteiger partial charge in [0.05, 0.1) is 4.90 Å². The average molecular weight is 382 g/mol. The van der Waals surface area contributed by atoms with Gasteiger partial charge in [0, 0.05) is 25.8 Å². The molecular weight excluding hydrogens is 358 g/mol. The van der Waals surface area contributed by atoms with E-state index < -0.39 is 10.0 Å². The van der Waals surface area contributed by atoms with Gasteiger partial charge in [0.1, 0.15) is 0 Å². The molecule has 1 aromatic heterocycles. The van der Waals surface area contributed by atoms with Gasteiger partial charge in [-0.2, -0.15) is 0 Å². The molecule has 1 aliphatic carbocycles. The van der Waals surface area contributed by atoms with Gasteiger partial charge in [0.15, 0.2) is 0 Å². The van der Waals surface area contributed by atoms with E-state index in [1.54, 1.807) is 18.2 Å². The van der Waals surface area contributed by atoms with Crippen LogP contribution in [-0.2, 0) is 15.8 Å². The molecule has 0 unspecified atom stereocenters. The summed E-state index contributed by atoms with van der Waals surface area (Å²) >= 11 is 1.44. The van der Waals surface area contributed by atoms with Crippen LogP contribution in [-0.4, -0.2) is 37.0 Å². The summed E-state index contributed by atoms with van der Waals surface area (Å²) in [6, 6.07) is 6.96. The van der Waals surface area contributed by atoms with Crippen LogP contribution >= 0.6 is 11.8 Å². The molecule has 3 rings (SSSR count). The number of thioether (sulfide) groups is 1. The number of benzene rings is 1. The van der Waals surface area contributed by atoms with Crippen molar-refractivity contribution in [2.45, 2.75) is 53.9 Å². The fourth-order valence-corrected chi connectivity index (χ4v) is 4.63. The summed E-state index contributed by atoms with van der Waals surface area (Å²) in [6.45, 7) is 0. The average Bonchev–Trinajstić information content (AvgIpc) is 3.10. The highest BCUT2D eigenvalue weighted by Gasteiger charge is 2.21. The molecule has 6 nitrogen and oxygen atoms in total. The molecule has 136 valence electrons. The Morgan fingerprint density at radius 1 is 1.20 bits per heavy atom. The summed E-state index contributed by atoms with van der Waals surface area (Å²) in [5, 5.41) is 8.86. The van der Waals surface area contributed by atoms with Crippen LogP contribution in [0.15, 0.2) is 38.8 Å². The summed E-state index contributed by atoms with van der Waals surface area (Å²) in [6.07, 6.45) is 5.98. The van der Waals surface area contributed by atoms with Crippen LogP contribution in [0.2, 0.25) is 0 Å². The fourth-order valence-electron chi connectivity index (χ4n) is 2.94. The maximum atomic E-state index is 12.2. The van der Waals surface area contributed by atoms with Crippen molar-refractivity contribution in [3.63, 3.8) is 0 Å². The minimum Gasteiger partial charge on any atom is -0.416 e. The Hall–Kier alpha value is -1.38. The molecule has 0 spiro atoms. The Kier molecular flexibility index (Phi) is 5.81. The van der Waals surface area contributed by atoms with E-state index in [2.05, 4.69) is 10.2 Å². The summed E-state index contributed by atoms with van der Waals surface area (Å²) < 4.78 is 31.4. The van der Waals surface area contributed by atoms with Crippen molar-refractivity contribution in [1.29, 1.82) is 0 Å². The maximum absolute atomic E-state index is 12.2. The second kappa shape index (κ2) is 7.88. The molecule has 1 fully saturated rings. The van der Waals surface area contributed by atoms with Gasteiger partial charge in [0.25, 0.3) is 5.22 Å². The first-order valence-electron chi connectivity index (χ1n) is 8.44. The Morgan fingerprint density at radius 3 is 2.68 bits per heavy atom. The quantitative estimate of drug-likeness (QED) is 0.711. The molecule has 0 N–H and O–H groups in total. The van der Waals surface area contributed by atoms with Gasteiger partial charge >= 0.3 is 0 Å². The van der Waals surface area contributed by atoms with Crippen LogP contribution < -0.4 is 0 Å². The molecule has 2 aromatic rings. The topological polar surface area (TPSA) is 76.3 Å². The summed E-state index contributed by atoms with van der Waals surface area (Å²) in [5.74, 6) is 1.72. The molecule has 1 saturated carbocycles. The molecule has 25 heavy (non-hydrogen) atoms. The molecule has 0 saturated heterocycles. The number of hydrogen-bond acceptors (Lipinski definition) is 6. The van der Waals surface area contributed by atoms with E-state index in [0.717, 1.165) is 24.3 Å². The van der Waals surface area contributed by atoms with E-state index in [0.29, 0.717) is 21.8 Å². The van der Waals surface area contributed by atoms with Crippen LogP contribution in [0.25, 0.3) is 0 Å². The van der Waals surface area contributed by atoms with E-state index in [1.165, 1.54) is 49.4 Å². The lowest BCUT2D eigenvalue weighted by Gasteiger charge is -2.17. The van der Waals surface area contributed by atoms with Crippen molar-refractivity contribution in [2.75, 3.05) is 14.1 Å². The predicted octanol–water partition coefficient (Wildman–Crippen LogP) is 3.66. The monoisotopic (exact) mass is 381 g/mol. The van der Waals surface area contributed by atoms with Crippen molar-refractivity contribution in [2.24, 2.45) is 0 Å². The highest BCUT2D eigenvalue weighted by molar-refractivity contribution is 7.98. The van der Waals surface area contributed by atoms with Crippen LogP contribution in [0, 0.1) is 0 Å². The standard InChI is InChI=1S/C17H23N3O3S2/c1-20(2)25(21,22)15-10-6-7-13(11-15)12-24-17-19-18-16(23-17)14-8-4-3-5-9-14/h6-7,10-11,14H,3-5,8-9,12H2,1-2H3. The maximum Gasteiger partial charge on any atom is 0.276 e. The van der Waals surface area contributed by atoms with Crippen molar-refractivity contribution < 1.29 is 12.8 Å². The number of rotatable bonds is 6. The van der Waals surface area contributed by atoms with Crippen molar-refractivity contribution in [3.8, 4) is 0 Å². The largest absolute Gasteiger partial charge is 0.416 e. The van der Waals surface area contributed by atoms with E-state index in [9.17, 15) is 8.42 Å². The molecule has 0 amide bonds. The first-order chi connectivity index (χ1) is 12.0. The fraction of sp³-hybridized carbons (Fsp3) is 0.529. The van der Waals surface area contributed by atoms with Crippen molar-refractivity contribution in [1.82, 2.24) is 14.5 Å². The Morgan fingerprint density at radius 2 is 1.96 bits per heavy atom. The third-order valence-corrected chi connectivity index (χ3v) is 7.12. The zero-order valence-electron chi connectivity index (χ0n) is 14.5. The molecule has 1 heterocycles. The van der Waals surface area contributed by atoms with Crippen molar-refractivity contribution in [3.05, 3.63) is 35.7 Å². The normalized spacial score (nSPS) is 16.4. The van der Waals surface area contributed by atoms with Gasteiger partial charge in [-0.25, -0.2) is 12.7 Å². The predicted molar refractivity (Wildman–Crippen MR) is 97.0 cm³/mol. The Balaban J connectivity index is 1.65. The van der Waals surface area contributed by atoms with Gasteiger partial charge in [-0.1, -0.05) is 43.2 Å². The molecule has 1 aliphatic rings. The SMILES string of the molecule is CN(C)S(=O)(=O)c1cccc(CSc2nnc(C3CCCCC3)o2)c1. The second-order valence-corrected chi connectivity index (χ2v) is 9.54. The first kappa shape index (κ1) is 18.4. The van der Waals surface area contributed by atoms with Crippen LogP contribution in [0.1, 0.15) is 49.5 Å². The number of aromatic nitrogens is 2. The zero-order chi connectivity index (χ0) is 17.9. The highest BCUT2D eigenvalue weighted by atomic mass is 32.2.